The Labute approximate surface area is 219 Å². The molecule has 2 unspecified atom stereocenters. The smallest absolute Gasteiger partial charge is 0.210 e. The van der Waals surface area contributed by atoms with Gasteiger partial charge in [-0.15, -0.1) is 0 Å². The molecule has 3 fully saturated rings. The maximum Gasteiger partial charge on any atom is 0.210 e. The van der Waals surface area contributed by atoms with Crippen LogP contribution in [0.3, 0.4) is 0 Å². The monoisotopic (exact) mass is 519 g/mol. The lowest BCUT2D eigenvalue weighted by Crippen LogP contribution is -2.55. The Kier molecular flexibility index (Phi) is 5.33. The molecule has 196 valence electrons. The van der Waals surface area contributed by atoms with Crippen LogP contribution in [-0.2, 0) is 14.8 Å². The molecule has 6 atom stereocenters. The Bertz CT molecular complexity index is 1430. The minimum absolute atomic E-state index is 0.0243. The first-order valence-corrected chi connectivity index (χ1v) is 15.6. The van der Waals surface area contributed by atoms with E-state index in [9.17, 15) is 8.42 Å². The van der Waals surface area contributed by atoms with Gasteiger partial charge in [0.25, 0.3) is 0 Å². The van der Waals surface area contributed by atoms with Gasteiger partial charge in [0.2, 0.25) is 10.0 Å². The first kappa shape index (κ1) is 24.0. The summed E-state index contributed by atoms with van der Waals surface area (Å²) in [5.74, 6) is 0.991. The summed E-state index contributed by atoms with van der Waals surface area (Å²) in [5, 5.41) is 11.2. The summed E-state index contributed by atoms with van der Waals surface area (Å²) in [6.07, 6.45) is 17.4. The molecule has 7 rings (SSSR count). The van der Waals surface area contributed by atoms with Crippen LogP contribution in [0.15, 0.2) is 60.0 Å². The van der Waals surface area contributed by atoms with Crippen molar-refractivity contribution in [2.24, 2.45) is 16.5 Å². The summed E-state index contributed by atoms with van der Waals surface area (Å²) >= 11 is 0. The van der Waals surface area contributed by atoms with Crippen LogP contribution < -0.4 is 10.5 Å². The van der Waals surface area contributed by atoms with Crippen LogP contribution in [0.4, 0.5) is 0 Å². The van der Waals surface area contributed by atoms with Gasteiger partial charge >= 0.3 is 0 Å². The highest BCUT2D eigenvalue weighted by atomic mass is 32.2. The summed E-state index contributed by atoms with van der Waals surface area (Å²) in [6.45, 7) is 2.91. The van der Waals surface area contributed by atoms with Crippen LogP contribution in [-0.4, -0.2) is 42.9 Å². The molecule has 37 heavy (non-hydrogen) atoms. The molecule has 2 aliphatic heterocycles. The number of fused-ring (bicyclic) bond motifs is 2. The van der Waals surface area contributed by atoms with E-state index in [1.807, 2.05) is 12.4 Å². The number of rotatable bonds is 5. The third-order valence-corrected chi connectivity index (χ3v) is 11.3. The highest BCUT2D eigenvalue weighted by Crippen LogP contribution is 2.69. The second-order valence-corrected chi connectivity index (χ2v) is 14.2. The summed E-state index contributed by atoms with van der Waals surface area (Å²) in [7, 11) is -3.45. The topological polar surface area (TPSA) is 94.3 Å². The van der Waals surface area contributed by atoms with Crippen LogP contribution in [0.5, 0.6) is 0 Å². The molecule has 0 amide bonds. The van der Waals surface area contributed by atoms with Crippen molar-refractivity contribution in [1.29, 1.82) is 0 Å². The van der Waals surface area contributed by atoms with Gasteiger partial charge in [0, 0.05) is 30.4 Å². The number of nitrogens with zero attached hydrogens (tertiary/aromatic N) is 1. The zero-order chi connectivity index (χ0) is 25.5. The molecule has 2 saturated carbocycles. The minimum Gasteiger partial charge on any atom is -0.359 e. The molecule has 6 nitrogen and oxygen atoms in total. The van der Waals surface area contributed by atoms with E-state index in [0.717, 1.165) is 38.5 Å². The lowest BCUT2D eigenvalue weighted by atomic mass is 9.58. The van der Waals surface area contributed by atoms with Gasteiger partial charge in [-0.25, -0.2) is 13.6 Å². The van der Waals surface area contributed by atoms with Crippen LogP contribution in [0, 0.1) is 11.3 Å². The molecule has 2 aromatic rings. The van der Waals surface area contributed by atoms with E-state index in [1.54, 1.807) is 0 Å². The highest BCUT2D eigenvalue weighted by molar-refractivity contribution is 7.89. The van der Waals surface area contributed by atoms with Gasteiger partial charge in [-0.1, -0.05) is 31.2 Å². The second-order valence-electron chi connectivity index (χ2n) is 12.5. The molecule has 1 aromatic heterocycles. The molecule has 1 aromatic carbocycles. The maximum absolute atomic E-state index is 11.4. The Balaban J connectivity index is 1.17. The van der Waals surface area contributed by atoms with Gasteiger partial charge in [-0.05, 0) is 103 Å². The number of nitrogens with two attached hydrogens (primary N) is 1. The molecule has 3 heterocycles. The van der Waals surface area contributed by atoms with E-state index in [-0.39, 0.29) is 28.4 Å². The van der Waals surface area contributed by atoms with Gasteiger partial charge in [0.15, 0.2) is 0 Å². The molecule has 3 N–H and O–H groups in total. The Hall–Kier alpha value is -2.06. The number of hydrogen-bond donors (Lipinski definition) is 2. The number of pyridine rings is 1. The van der Waals surface area contributed by atoms with Gasteiger partial charge in [-0.3, -0.25) is 4.98 Å². The number of benzene rings is 1. The zero-order valence-corrected chi connectivity index (χ0v) is 22.4. The molecule has 2 bridgehead atoms. The third kappa shape index (κ3) is 3.68. The van der Waals surface area contributed by atoms with Gasteiger partial charge in [0.1, 0.15) is 0 Å². The fraction of sp³-hybridized carbons (Fsp3) is 0.567. The molecule has 0 radical (unpaired) electrons. The van der Waals surface area contributed by atoms with E-state index in [4.69, 9.17) is 9.88 Å². The van der Waals surface area contributed by atoms with Crippen molar-refractivity contribution in [2.45, 2.75) is 81.5 Å². The van der Waals surface area contributed by atoms with Crippen molar-refractivity contribution < 1.29 is 13.2 Å². The fourth-order valence-corrected chi connectivity index (χ4v) is 9.26. The quantitative estimate of drug-likeness (QED) is 0.596. The molecular weight excluding hydrogens is 482 g/mol. The fourth-order valence-electron chi connectivity index (χ4n) is 8.85. The van der Waals surface area contributed by atoms with E-state index in [1.165, 1.54) is 40.3 Å². The lowest BCUT2D eigenvalue weighted by molar-refractivity contribution is -0.136. The molecule has 7 heteroatoms. The number of sulfonamides is 1. The molecular formula is C30H37N3O3S. The number of primary sulfonamides is 1. The van der Waals surface area contributed by atoms with Gasteiger partial charge in [0.05, 0.1) is 17.0 Å². The van der Waals surface area contributed by atoms with Crippen LogP contribution in [0.25, 0.3) is 10.8 Å². The van der Waals surface area contributed by atoms with Crippen molar-refractivity contribution in [3.63, 3.8) is 0 Å². The normalized spacial score (nSPS) is 38.5. The minimum atomic E-state index is -3.45. The van der Waals surface area contributed by atoms with Gasteiger partial charge < -0.3 is 10.1 Å². The maximum atomic E-state index is 11.4. The Morgan fingerprint density at radius 3 is 2.92 bits per heavy atom. The van der Waals surface area contributed by atoms with E-state index >= 15 is 0 Å². The third-order valence-electron chi connectivity index (χ3n) is 10.6. The molecule has 5 aliphatic rings. The SMILES string of the molecule is CC12CC=C3C=C4CC[C@@H](NCCS(N)(=O)=O)C[C@]45CC[C@]3(O5)[C@@H]1CCC2c1ccc2ccncc2c1. The number of hydrogen-bond acceptors (Lipinski definition) is 5. The zero-order valence-electron chi connectivity index (χ0n) is 21.6. The Morgan fingerprint density at radius 1 is 1.16 bits per heavy atom. The van der Waals surface area contributed by atoms with Crippen molar-refractivity contribution >= 4 is 20.8 Å². The average molecular weight is 520 g/mol. The van der Waals surface area contributed by atoms with Crippen molar-refractivity contribution in [3.8, 4) is 0 Å². The van der Waals surface area contributed by atoms with Crippen molar-refractivity contribution in [2.75, 3.05) is 12.3 Å². The Morgan fingerprint density at radius 2 is 2.05 bits per heavy atom. The molecule has 1 saturated heterocycles. The first-order valence-electron chi connectivity index (χ1n) is 13.9. The van der Waals surface area contributed by atoms with Crippen LogP contribution in [0.2, 0.25) is 0 Å². The lowest BCUT2D eigenvalue weighted by Gasteiger charge is -2.54. The summed E-state index contributed by atoms with van der Waals surface area (Å²) in [6, 6.07) is 9.31. The number of ether oxygens (including phenoxy) is 1. The summed E-state index contributed by atoms with van der Waals surface area (Å²) < 4.78 is 30.2. The summed E-state index contributed by atoms with van der Waals surface area (Å²) in [4.78, 5) is 4.36. The number of allylic oxidation sites excluding steroid dienone is 1. The van der Waals surface area contributed by atoms with E-state index < -0.39 is 10.0 Å². The average Bonchev–Trinajstić information content (AvgIpc) is 3.38. The van der Waals surface area contributed by atoms with Crippen molar-refractivity contribution in [3.05, 3.63) is 65.5 Å². The van der Waals surface area contributed by atoms with E-state index in [0.29, 0.717) is 18.4 Å². The first-order chi connectivity index (χ1) is 17.7. The standard InChI is InChI=1S/C30H37N3O3S/c1-28-10-8-24-17-23-4-5-25(33-14-15-37(31,34)35)18-29(23)11-12-30(24,36-29)27(28)7-6-26(28)21-3-2-20-9-13-32-19-22(20)16-21/h2-3,8-9,13,16-17,19,25-27,33H,4-7,10-12,14-15,18H2,1H3,(H2,31,34,35)/t25-,26?,27-,28?,29-,30-/m1/s1. The van der Waals surface area contributed by atoms with Crippen molar-refractivity contribution in [1.82, 2.24) is 10.3 Å². The van der Waals surface area contributed by atoms with Crippen LogP contribution in [0.1, 0.15) is 69.8 Å². The van der Waals surface area contributed by atoms with Gasteiger partial charge in [-0.2, -0.15) is 0 Å². The largest absolute Gasteiger partial charge is 0.359 e. The number of aromatic nitrogens is 1. The second kappa shape index (κ2) is 8.22. The highest BCUT2D eigenvalue weighted by Gasteiger charge is 2.66. The number of nitrogens with one attached hydrogen (secondary N) is 1. The predicted octanol–water partition coefficient (Wildman–Crippen LogP) is 4.72. The summed E-state index contributed by atoms with van der Waals surface area (Å²) in [5.41, 5.74) is 4.10. The molecule has 3 aliphatic carbocycles. The van der Waals surface area contributed by atoms with Crippen LogP contribution >= 0.6 is 0 Å². The molecule has 2 spiro atoms. The predicted molar refractivity (Wildman–Crippen MR) is 145 cm³/mol. The van der Waals surface area contributed by atoms with E-state index in [2.05, 4.69) is 53.6 Å².